The third kappa shape index (κ3) is 3.57. The first-order chi connectivity index (χ1) is 10.1. The Morgan fingerprint density at radius 3 is 2.67 bits per heavy atom. The lowest BCUT2D eigenvalue weighted by molar-refractivity contribution is -0.147. The second kappa shape index (κ2) is 6.95. The smallest absolute Gasteiger partial charge is 0.319 e. The SMILES string of the molecule is CCOC(=O)[C@H]1/C(=C\Br)NC(=O)N[C@@H]1c1ccc(Cl)cc1. The minimum atomic E-state index is -0.650. The van der Waals surface area contributed by atoms with Gasteiger partial charge in [0.25, 0.3) is 0 Å². The molecule has 112 valence electrons. The van der Waals surface area contributed by atoms with Crippen LogP contribution in [0, 0.1) is 5.92 Å². The normalized spacial score (nSPS) is 23.4. The molecular weight excluding hydrogens is 360 g/mol. The number of urea groups is 1. The number of esters is 1. The molecule has 2 atom stereocenters. The summed E-state index contributed by atoms with van der Waals surface area (Å²) >= 11 is 9.05. The zero-order chi connectivity index (χ0) is 15.4. The van der Waals surface area contributed by atoms with E-state index in [-0.39, 0.29) is 12.6 Å². The first kappa shape index (κ1) is 15.9. The molecule has 0 spiro atoms. The Balaban J connectivity index is 2.39. The second-order valence-corrected chi connectivity index (χ2v) is 5.32. The molecule has 0 aliphatic carbocycles. The number of carbonyl (C=O) groups is 2. The van der Waals surface area contributed by atoms with Gasteiger partial charge in [-0.25, -0.2) is 4.79 Å². The highest BCUT2D eigenvalue weighted by molar-refractivity contribution is 9.11. The number of ether oxygens (including phenoxy) is 1. The van der Waals surface area contributed by atoms with Crippen LogP contribution >= 0.6 is 27.5 Å². The van der Waals surface area contributed by atoms with Gasteiger partial charge in [0, 0.05) is 15.7 Å². The van der Waals surface area contributed by atoms with Gasteiger partial charge in [0.15, 0.2) is 0 Å². The number of halogens is 2. The number of hydrogen-bond donors (Lipinski definition) is 2. The molecular formula is C14H14BrClN2O3. The molecule has 1 aromatic carbocycles. The van der Waals surface area contributed by atoms with E-state index in [1.165, 1.54) is 4.99 Å². The van der Waals surface area contributed by atoms with Gasteiger partial charge >= 0.3 is 12.0 Å². The van der Waals surface area contributed by atoms with E-state index in [2.05, 4.69) is 26.6 Å². The van der Waals surface area contributed by atoms with Crippen molar-refractivity contribution in [2.45, 2.75) is 13.0 Å². The zero-order valence-corrected chi connectivity index (χ0v) is 13.6. The summed E-state index contributed by atoms with van der Waals surface area (Å²) in [4.78, 5) is 25.5. The Kier molecular flexibility index (Phi) is 5.25. The molecule has 1 fully saturated rings. The first-order valence-electron chi connectivity index (χ1n) is 6.36. The minimum Gasteiger partial charge on any atom is -0.465 e. The van der Waals surface area contributed by atoms with Crippen LogP contribution in [-0.2, 0) is 9.53 Å². The number of rotatable bonds is 3. The summed E-state index contributed by atoms with van der Waals surface area (Å²) < 4.78 is 5.11. The molecule has 5 nitrogen and oxygen atoms in total. The van der Waals surface area contributed by atoms with Gasteiger partial charge in [-0.2, -0.15) is 0 Å². The quantitative estimate of drug-likeness (QED) is 0.800. The lowest BCUT2D eigenvalue weighted by atomic mass is 9.89. The minimum absolute atomic E-state index is 0.270. The van der Waals surface area contributed by atoms with Crippen LogP contribution in [0.3, 0.4) is 0 Å². The Labute approximate surface area is 135 Å². The molecule has 1 saturated heterocycles. The summed E-state index contributed by atoms with van der Waals surface area (Å²) in [5.41, 5.74) is 1.23. The fraction of sp³-hybridized carbons (Fsp3) is 0.286. The topological polar surface area (TPSA) is 67.4 Å². The van der Waals surface area contributed by atoms with E-state index < -0.39 is 17.9 Å². The Morgan fingerprint density at radius 1 is 1.43 bits per heavy atom. The summed E-state index contributed by atoms with van der Waals surface area (Å²) in [5.74, 6) is -1.06. The maximum Gasteiger partial charge on any atom is 0.319 e. The van der Waals surface area contributed by atoms with Crippen LogP contribution in [0.1, 0.15) is 18.5 Å². The summed E-state index contributed by atoms with van der Waals surface area (Å²) in [6, 6.07) is 6.09. The van der Waals surface area contributed by atoms with Crippen molar-refractivity contribution in [3.8, 4) is 0 Å². The van der Waals surface area contributed by atoms with Crippen LogP contribution in [0.5, 0.6) is 0 Å². The average Bonchev–Trinajstić information content (AvgIpc) is 2.47. The lowest BCUT2D eigenvalue weighted by Crippen LogP contribution is -2.51. The molecule has 2 N–H and O–H groups in total. The molecule has 2 amide bonds. The molecule has 1 heterocycles. The molecule has 1 aromatic rings. The van der Waals surface area contributed by atoms with E-state index >= 15 is 0 Å². The van der Waals surface area contributed by atoms with Crippen LogP contribution < -0.4 is 10.6 Å². The summed E-state index contributed by atoms with van der Waals surface area (Å²) in [6.07, 6.45) is 0. The predicted molar refractivity (Wildman–Crippen MR) is 83.0 cm³/mol. The van der Waals surface area contributed by atoms with E-state index in [1.54, 1.807) is 31.2 Å². The molecule has 0 bridgehead atoms. The van der Waals surface area contributed by atoms with Gasteiger partial charge < -0.3 is 15.4 Å². The van der Waals surface area contributed by atoms with Crippen LogP contribution in [-0.4, -0.2) is 18.6 Å². The van der Waals surface area contributed by atoms with Gasteiger partial charge in [0.05, 0.1) is 12.6 Å². The van der Waals surface area contributed by atoms with Gasteiger partial charge in [0.2, 0.25) is 0 Å². The third-order valence-electron chi connectivity index (χ3n) is 3.10. The third-order valence-corrected chi connectivity index (χ3v) is 3.85. The Hall–Kier alpha value is -1.53. The second-order valence-electron chi connectivity index (χ2n) is 4.42. The average molecular weight is 374 g/mol. The molecule has 21 heavy (non-hydrogen) atoms. The van der Waals surface area contributed by atoms with Gasteiger partial charge in [-0.1, -0.05) is 39.7 Å². The van der Waals surface area contributed by atoms with Crippen LogP contribution in [0.25, 0.3) is 0 Å². The van der Waals surface area contributed by atoms with Crippen LogP contribution in [0.2, 0.25) is 5.02 Å². The van der Waals surface area contributed by atoms with Gasteiger partial charge in [0.1, 0.15) is 5.92 Å². The van der Waals surface area contributed by atoms with Crippen molar-refractivity contribution in [1.29, 1.82) is 0 Å². The van der Waals surface area contributed by atoms with E-state index in [0.29, 0.717) is 10.7 Å². The molecule has 1 aliphatic rings. The van der Waals surface area contributed by atoms with Crippen molar-refractivity contribution < 1.29 is 14.3 Å². The highest BCUT2D eigenvalue weighted by Crippen LogP contribution is 2.32. The van der Waals surface area contributed by atoms with Crippen molar-refractivity contribution in [2.75, 3.05) is 6.61 Å². The molecule has 1 aliphatic heterocycles. The van der Waals surface area contributed by atoms with E-state index in [4.69, 9.17) is 16.3 Å². The Morgan fingerprint density at radius 2 is 2.10 bits per heavy atom. The molecule has 0 aromatic heterocycles. The van der Waals surface area contributed by atoms with Crippen molar-refractivity contribution in [2.24, 2.45) is 5.92 Å². The molecule has 0 unspecified atom stereocenters. The summed E-state index contributed by atoms with van der Waals surface area (Å²) in [7, 11) is 0. The number of carbonyl (C=O) groups excluding carboxylic acids is 2. The van der Waals surface area contributed by atoms with Gasteiger partial charge in [-0.3, -0.25) is 4.79 Å². The van der Waals surface area contributed by atoms with E-state index in [1.807, 2.05) is 0 Å². The monoisotopic (exact) mass is 372 g/mol. The van der Waals surface area contributed by atoms with Crippen LogP contribution in [0.4, 0.5) is 4.79 Å². The Bertz CT molecular complexity index is 574. The fourth-order valence-electron chi connectivity index (χ4n) is 2.19. The first-order valence-corrected chi connectivity index (χ1v) is 7.66. The highest BCUT2D eigenvalue weighted by Gasteiger charge is 2.39. The largest absolute Gasteiger partial charge is 0.465 e. The molecule has 0 radical (unpaired) electrons. The molecule has 0 saturated carbocycles. The van der Waals surface area contributed by atoms with Gasteiger partial charge in [-0.15, -0.1) is 0 Å². The van der Waals surface area contributed by atoms with Crippen molar-refractivity contribution >= 4 is 39.5 Å². The van der Waals surface area contributed by atoms with Crippen molar-refractivity contribution in [1.82, 2.24) is 10.6 Å². The summed E-state index contributed by atoms with van der Waals surface area (Å²) in [6.45, 7) is 2.01. The van der Waals surface area contributed by atoms with Gasteiger partial charge in [-0.05, 0) is 24.6 Å². The zero-order valence-electron chi connectivity index (χ0n) is 11.2. The molecule has 2 rings (SSSR count). The van der Waals surface area contributed by atoms with Crippen molar-refractivity contribution in [3.63, 3.8) is 0 Å². The summed E-state index contributed by atoms with van der Waals surface area (Å²) in [5, 5.41) is 5.94. The van der Waals surface area contributed by atoms with Crippen LogP contribution in [0.15, 0.2) is 34.9 Å². The number of hydrogen-bond acceptors (Lipinski definition) is 3. The lowest BCUT2D eigenvalue weighted by Gasteiger charge is -2.33. The van der Waals surface area contributed by atoms with E-state index in [9.17, 15) is 9.59 Å². The molecule has 7 heteroatoms. The highest BCUT2D eigenvalue weighted by atomic mass is 79.9. The number of benzene rings is 1. The maximum atomic E-state index is 12.2. The predicted octanol–water partition coefficient (Wildman–Crippen LogP) is 3.11. The van der Waals surface area contributed by atoms with E-state index in [0.717, 1.165) is 5.56 Å². The van der Waals surface area contributed by atoms with Crippen molar-refractivity contribution in [3.05, 3.63) is 45.5 Å². The fourth-order valence-corrected chi connectivity index (χ4v) is 2.71. The maximum absolute atomic E-state index is 12.2. The number of amides is 2. The number of nitrogens with one attached hydrogen (secondary N) is 2. The standard InChI is InChI=1S/C14H14BrClN2O3/c1-2-21-13(19)11-10(7-15)17-14(20)18-12(11)8-3-5-9(16)6-4-8/h3-7,11-12H,2H2,1H3,(H2,17,18,20)/b10-7+/t11-,12+/m0/s1.